The van der Waals surface area contributed by atoms with Gasteiger partial charge in [0.2, 0.25) is 5.56 Å². The van der Waals surface area contributed by atoms with E-state index in [4.69, 9.17) is 5.73 Å². The maximum absolute atomic E-state index is 11.4. The molecule has 1 aromatic heterocycles. The summed E-state index contributed by atoms with van der Waals surface area (Å²) in [7, 11) is 0. The number of nitrogens with two attached hydrogens (primary N) is 1. The molecule has 5 heteroatoms. The quantitative estimate of drug-likeness (QED) is 0.604. The van der Waals surface area contributed by atoms with E-state index in [-0.39, 0.29) is 17.5 Å². The molecule has 0 bridgehead atoms. The molecule has 4 N–H and O–H groups in total. The van der Waals surface area contributed by atoms with E-state index in [1.807, 2.05) is 0 Å². The molecular weight excluding hydrogens is 182 g/mol. The second-order valence-corrected chi connectivity index (χ2v) is 3.05. The molecule has 1 atom stereocenters. The number of aromatic amines is 1. The van der Waals surface area contributed by atoms with Gasteiger partial charge in [0.05, 0.1) is 0 Å². The third-order valence-corrected chi connectivity index (χ3v) is 1.77. The number of hydrogen-bond acceptors (Lipinski definition) is 3. The number of nitrogens with one attached hydrogen (secondary N) is 2. The summed E-state index contributed by atoms with van der Waals surface area (Å²) < 4.78 is 0. The second-order valence-electron chi connectivity index (χ2n) is 3.05. The van der Waals surface area contributed by atoms with Gasteiger partial charge in [-0.2, -0.15) is 0 Å². The van der Waals surface area contributed by atoms with Crippen molar-refractivity contribution in [2.45, 2.75) is 13.0 Å². The SMILES string of the molecule is CC(CN)NC(=O)c1cc[nH]c(=O)c1. The van der Waals surface area contributed by atoms with E-state index >= 15 is 0 Å². The van der Waals surface area contributed by atoms with Crippen molar-refractivity contribution in [1.29, 1.82) is 0 Å². The van der Waals surface area contributed by atoms with Gasteiger partial charge in [0.25, 0.3) is 5.91 Å². The maximum Gasteiger partial charge on any atom is 0.251 e. The average molecular weight is 195 g/mol. The van der Waals surface area contributed by atoms with E-state index in [0.717, 1.165) is 0 Å². The lowest BCUT2D eigenvalue weighted by Crippen LogP contribution is -2.38. The minimum atomic E-state index is -0.293. The first-order chi connectivity index (χ1) is 6.63. The van der Waals surface area contributed by atoms with Crippen molar-refractivity contribution in [3.8, 4) is 0 Å². The molecule has 76 valence electrons. The number of amides is 1. The highest BCUT2D eigenvalue weighted by Crippen LogP contribution is 1.93. The van der Waals surface area contributed by atoms with Crippen LogP contribution >= 0.6 is 0 Å². The lowest BCUT2D eigenvalue weighted by molar-refractivity contribution is 0.0941. The number of carbonyl (C=O) groups is 1. The van der Waals surface area contributed by atoms with Crippen LogP contribution in [0.5, 0.6) is 0 Å². The van der Waals surface area contributed by atoms with Gasteiger partial charge in [-0.15, -0.1) is 0 Å². The van der Waals surface area contributed by atoms with Crippen LogP contribution in [0, 0.1) is 0 Å². The summed E-state index contributed by atoms with van der Waals surface area (Å²) in [5, 5.41) is 2.66. The van der Waals surface area contributed by atoms with Crippen molar-refractivity contribution in [2.75, 3.05) is 6.54 Å². The van der Waals surface area contributed by atoms with E-state index < -0.39 is 0 Å². The van der Waals surface area contributed by atoms with Crippen molar-refractivity contribution >= 4 is 5.91 Å². The highest BCUT2D eigenvalue weighted by molar-refractivity contribution is 5.94. The summed E-state index contributed by atoms with van der Waals surface area (Å²) in [6, 6.07) is 2.69. The van der Waals surface area contributed by atoms with E-state index in [1.54, 1.807) is 13.0 Å². The Kier molecular flexibility index (Phi) is 3.41. The zero-order valence-electron chi connectivity index (χ0n) is 7.91. The van der Waals surface area contributed by atoms with Crippen LogP contribution in [0.25, 0.3) is 0 Å². The highest BCUT2D eigenvalue weighted by Gasteiger charge is 2.08. The number of rotatable bonds is 3. The van der Waals surface area contributed by atoms with Crippen LogP contribution in [0.1, 0.15) is 17.3 Å². The monoisotopic (exact) mass is 195 g/mol. The molecule has 5 nitrogen and oxygen atoms in total. The predicted molar refractivity (Wildman–Crippen MR) is 53.0 cm³/mol. The standard InChI is InChI=1S/C9H13N3O2/c1-6(5-10)12-9(14)7-2-3-11-8(13)4-7/h2-4,6H,5,10H2,1H3,(H,11,13)(H,12,14). The van der Waals surface area contributed by atoms with Crippen molar-refractivity contribution in [3.05, 3.63) is 34.2 Å². The number of carbonyl (C=O) groups excluding carboxylic acids is 1. The molecule has 1 amide bonds. The molecule has 0 saturated carbocycles. The Balaban J connectivity index is 2.75. The minimum Gasteiger partial charge on any atom is -0.348 e. The Morgan fingerprint density at radius 1 is 1.71 bits per heavy atom. The van der Waals surface area contributed by atoms with Gasteiger partial charge in [-0.05, 0) is 13.0 Å². The molecule has 0 aliphatic carbocycles. The van der Waals surface area contributed by atoms with Crippen LogP contribution in [0.3, 0.4) is 0 Å². The van der Waals surface area contributed by atoms with Crippen LogP contribution in [0.2, 0.25) is 0 Å². The molecule has 0 aliphatic rings. The lowest BCUT2D eigenvalue weighted by atomic mass is 10.2. The van der Waals surface area contributed by atoms with Gasteiger partial charge >= 0.3 is 0 Å². The van der Waals surface area contributed by atoms with Gasteiger partial charge in [0.15, 0.2) is 0 Å². The summed E-state index contributed by atoms with van der Waals surface area (Å²) in [5.74, 6) is -0.283. The summed E-state index contributed by atoms with van der Waals surface area (Å²) in [6.45, 7) is 2.17. The van der Waals surface area contributed by atoms with Crippen LogP contribution in [0.15, 0.2) is 23.1 Å². The third-order valence-electron chi connectivity index (χ3n) is 1.77. The predicted octanol–water partition coefficient (Wildman–Crippen LogP) is -0.548. The molecule has 0 aromatic carbocycles. The zero-order valence-corrected chi connectivity index (χ0v) is 7.91. The van der Waals surface area contributed by atoms with Crippen molar-refractivity contribution in [1.82, 2.24) is 10.3 Å². The number of H-pyrrole nitrogens is 1. The summed E-state index contributed by atoms with van der Waals surface area (Å²) in [6.07, 6.45) is 1.43. The normalized spacial score (nSPS) is 12.1. The topological polar surface area (TPSA) is 88.0 Å². The molecule has 0 saturated heterocycles. The molecule has 0 spiro atoms. The molecule has 0 aliphatic heterocycles. The first kappa shape index (κ1) is 10.5. The first-order valence-corrected chi connectivity index (χ1v) is 4.33. The fourth-order valence-electron chi connectivity index (χ4n) is 0.952. The van der Waals surface area contributed by atoms with Gasteiger partial charge < -0.3 is 16.0 Å². The highest BCUT2D eigenvalue weighted by atomic mass is 16.2. The molecule has 14 heavy (non-hydrogen) atoms. The maximum atomic E-state index is 11.4. The van der Waals surface area contributed by atoms with Crippen molar-refractivity contribution in [3.63, 3.8) is 0 Å². The van der Waals surface area contributed by atoms with Gasteiger partial charge in [-0.3, -0.25) is 9.59 Å². The number of aromatic nitrogens is 1. The summed E-state index contributed by atoms with van der Waals surface area (Å²) in [5.41, 5.74) is 5.39. The van der Waals surface area contributed by atoms with Gasteiger partial charge in [0, 0.05) is 30.4 Å². The number of pyridine rings is 1. The van der Waals surface area contributed by atoms with Crippen LogP contribution < -0.4 is 16.6 Å². The Morgan fingerprint density at radius 3 is 3.00 bits per heavy atom. The average Bonchev–Trinajstić information content (AvgIpc) is 2.17. The Labute approximate surface area is 81.3 Å². The van der Waals surface area contributed by atoms with E-state index in [2.05, 4.69) is 10.3 Å². The summed E-state index contributed by atoms with van der Waals surface area (Å²) >= 11 is 0. The van der Waals surface area contributed by atoms with Gasteiger partial charge in [0.1, 0.15) is 0 Å². The van der Waals surface area contributed by atoms with Gasteiger partial charge in [-0.1, -0.05) is 0 Å². The number of hydrogen-bond donors (Lipinski definition) is 3. The van der Waals surface area contributed by atoms with E-state index in [0.29, 0.717) is 12.1 Å². The molecular formula is C9H13N3O2. The van der Waals surface area contributed by atoms with Crippen molar-refractivity contribution < 1.29 is 4.79 Å². The van der Waals surface area contributed by atoms with Crippen molar-refractivity contribution in [2.24, 2.45) is 5.73 Å². The largest absolute Gasteiger partial charge is 0.348 e. The molecule has 1 unspecified atom stereocenters. The second kappa shape index (κ2) is 4.57. The fraction of sp³-hybridized carbons (Fsp3) is 0.333. The smallest absolute Gasteiger partial charge is 0.251 e. The minimum absolute atomic E-state index is 0.0956. The van der Waals surface area contributed by atoms with E-state index in [9.17, 15) is 9.59 Å². The molecule has 1 aromatic rings. The molecule has 1 rings (SSSR count). The van der Waals surface area contributed by atoms with Crippen LogP contribution in [-0.2, 0) is 0 Å². The van der Waals surface area contributed by atoms with Gasteiger partial charge in [-0.25, -0.2) is 0 Å². The zero-order chi connectivity index (χ0) is 10.6. The first-order valence-electron chi connectivity index (χ1n) is 4.33. The molecule has 1 heterocycles. The molecule has 0 fully saturated rings. The summed E-state index contributed by atoms with van der Waals surface area (Å²) in [4.78, 5) is 24.8. The third kappa shape index (κ3) is 2.70. The van der Waals surface area contributed by atoms with Crippen LogP contribution in [-0.4, -0.2) is 23.5 Å². The lowest BCUT2D eigenvalue weighted by Gasteiger charge is -2.10. The van der Waals surface area contributed by atoms with E-state index in [1.165, 1.54) is 12.3 Å². The fourth-order valence-corrected chi connectivity index (χ4v) is 0.952. The Morgan fingerprint density at radius 2 is 2.43 bits per heavy atom. The Hall–Kier alpha value is -1.62. The van der Waals surface area contributed by atoms with Crippen LogP contribution in [0.4, 0.5) is 0 Å². The molecule has 0 radical (unpaired) electrons. The Bertz CT molecular complexity index is 372.